The molecule has 76 valence electrons. The molecule has 0 saturated carbocycles. The van der Waals surface area contributed by atoms with Gasteiger partial charge in [0.2, 0.25) is 0 Å². The van der Waals surface area contributed by atoms with E-state index >= 15 is 0 Å². The van der Waals surface area contributed by atoms with Gasteiger partial charge in [-0.15, -0.1) is 0 Å². The molecule has 0 aromatic rings. The first-order valence-electron chi connectivity index (χ1n) is 4.31. The Hall–Kier alpha value is 1.12. The van der Waals surface area contributed by atoms with Crippen LogP contribution >= 0.6 is 45.2 Å². The number of hydrogen-bond donors (Lipinski definition) is 0. The molecule has 1 saturated heterocycles. The van der Waals surface area contributed by atoms with Crippen molar-refractivity contribution in [2.75, 3.05) is 6.61 Å². The zero-order chi connectivity index (χ0) is 10.1. The third-order valence-corrected chi connectivity index (χ3v) is 3.41. The first-order chi connectivity index (χ1) is 5.97. The second-order valence-corrected chi connectivity index (χ2v) is 7.68. The summed E-state index contributed by atoms with van der Waals surface area (Å²) in [6.07, 6.45) is 0.858. The van der Waals surface area contributed by atoms with E-state index in [2.05, 4.69) is 59.0 Å². The molecule has 1 aliphatic heterocycles. The van der Waals surface area contributed by atoms with Gasteiger partial charge in [-0.2, -0.15) is 0 Å². The van der Waals surface area contributed by atoms with Gasteiger partial charge in [0, 0.05) is 13.0 Å². The standard InChI is InChI=1S/C9H14I2O2/c1-4-12-7-5-6(8(10)11)9(2,3)13-7/h7H,4-5H2,1-3H3. The van der Waals surface area contributed by atoms with Crippen LogP contribution in [0.25, 0.3) is 0 Å². The highest BCUT2D eigenvalue weighted by Crippen LogP contribution is 2.41. The van der Waals surface area contributed by atoms with E-state index in [1.54, 1.807) is 0 Å². The molecule has 4 heteroatoms. The highest BCUT2D eigenvalue weighted by molar-refractivity contribution is 14.2. The molecule has 0 amide bonds. The van der Waals surface area contributed by atoms with Crippen LogP contribution in [-0.2, 0) is 9.47 Å². The predicted octanol–water partition coefficient (Wildman–Crippen LogP) is 3.63. The van der Waals surface area contributed by atoms with Crippen molar-refractivity contribution in [3.8, 4) is 0 Å². The molecule has 1 rings (SSSR count). The molecule has 0 radical (unpaired) electrons. The fraction of sp³-hybridized carbons (Fsp3) is 0.778. The molecule has 0 spiro atoms. The van der Waals surface area contributed by atoms with Crippen LogP contribution in [0.5, 0.6) is 0 Å². The van der Waals surface area contributed by atoms with Crippen LogP contribution in [0.3, 0.4) is 0 Å². The average Bonchev–Trinajstić information content (AvgIpc) is 2.26. The monoisotopic (exact) mass is 408 g/mol. The molecule has 2 nitrogen and oxygen atoms in total. The van der Waals surface area contributed by atoms with Crippen LogP contribution < -0.4 is 0 Å². The van der Waals surface area contributed by atoms with Crippen molar-refractivity contribution in [1.82, 2.24) is 0 Å². The Morgan fingerprint density at radius 3 is 2.62 bits per heavy atom. The second-order valence-electron chi connectivity index (χ2n) is 3.46. The predicted molar refractivity (Wildman–Crippen MR) is 70.3 cm³/mol. The highest BCUT2D eigenvalue weighted by atomic mass is 127. The van der Waals surface area contributed by atoms with Gasteiger partial charge in [0.1, 0.15) is 0 Å². The Bertz CT molecular complexity index is 220. The molecule has 0 aromatic heterocycles. The third kappa shape index (κ3) is 3.04. The van der Waals surface area contributed by atoms with Crippen LogP contribution in [0.4, 0.5) is 0 Å². The maximum absolute atomic E-state index is 5.77. The van der Waals surface area contributed by atoms with Crippen molar-refractivity contribution >= 4 is 45.2 Å². The molecule has 13 heavy (non-hydrogen) atoms. The van der Waals surface area contributed by atoms with Gasteiger partial charge in [0.05, 0.1) is 7.19 Å². The second kappa shape index (κ2) is 4.76. The summed E-state index contributed by atoms with van der Waals surface area (Å²) in [5.74, 6) is 0. The lowest BCUT2D eigenvalue weighted by molar-refractivity contribution is -0.152. The van der Waals surface area contributed by atoms with Crippen LogP contribution in [0.2, 0.25) is 0 Å². The number of hydrogen-bond acceptors (Lipinski definition) is 2. The van der Waals surface area contributed by atoms with Gasteiger partial charge in [-0.05, 0) is 71.5 Å². The largest absolute Gasteiger partial charge is 0.353 e. The zero-order valence-corrected chi connectivity index (χ0v) is 12.4. The molecule has 0 bridgehead atoms. The van der Waals surface area contributed by atoms with Crippen LogP contribution in [-0.4, -0.2) is 18.5 Å². The highest BCUT2D eigenvalue weighted by Gasteiger charge is 2.38. The van der Waals surface area contributed by atoms with Crippen molar-refractivity contribution in [1.29, 1.82) is 0 Å². The minimum absolute atomic E-state index is 0.0467. The fourth-order valence-corrected chi connectivity index (χ4v) is 3.18. The summed E-state index contributed by atoms with van der Waals surface area (Å²) in [5, 5.41) is 0. The smallest absolute Gasteiger partial charge is 0.162 e. The van der Waals surface area contributed by atoms with E-state index in [-0.39, 0.29) is 11.9 Å². The number of rotatable bonds is 2. The summed E-state index contributed by atoms with van der Waals surface area (Å²) in [4.78, 5) is 0. The molecular weight excluding hydrogens is 394 g/mol. The van der Waals surface area contributed by atoms with Crippen LogP contribution in [0.15, 0.2) is 7.16 Å². The Morgan fingerprint density at radius 1 is 1.62 bits per heavy atom. The normalized spacial score (nSPS) is 26.5. The van der Waals surface area contributed by atoms with Gasteiger partial charge in [-0.1, -0.05) is 0 Å². The molecule has 1 fully saturated rings. The van der Waals surface area contributed by atoms with Gasteiger partial charge in [0.15, 0.2) is 6.29 Å². The SMILES string of the molecule is CCOC1CC(=C(I)I)C(C)(C)O1. The van der Waals surface area contributed by atoms with Crippen molar-refractivity contribution in [3.05, 3.63) is 7.16 Å². The van der Waals surface area contributed by atoms with Crippen molar-refractivity contribution in [3.63, 3.8) is 0 Å². The van der Waals surface area contributed by atoms with Gasteiger partial charge < -0.3 is 9.47 Å². The van der Waals surface area contributed by atoms with E-state index in [9.17, 15) is 0 Å². The Balaban J connectivity index is 2.75. The number of halogens is 2. The molecule has 0 aromatic carbocycles. The first-order valence-corrected chi connectivity index (χ1v) is 6.47. The van der Waals surface area contributed by atoms with E-state index in [4.69, 9.17) is 9.47 Å². The van der Waals surface area contributed by atoms with Gasteiger partial charge in [-0.25, -0.2) is 0 Å². The molecule has 0 N–H and O–H groups in total. The maximum Gasteiger partial charge on any atom is 0.162 e. The average molecular weight is 408 g/mol. The summed E-state index contributed by atoms with van der Waals surface area (Å²) < 4.78 is 12.5. The Labute approximate surface area is 107 Å². The summed E-state index contributed by atoms with van der Waals surface area (Å²) >= 11 is 4.68. The fourth-order valence-electron chi connectivity index (χ4n) is 1.44. The molecule has 0 aliphatic carbocycles. The van der Waals surface area contributed by atoms with E-state index in [0.29, 0.717) is 6.61 Å². The quantitative estimate of drug-likeness (QED) is 0.651. The first kappa shape index (κ1) is 12.2. The van der Waals surface area contributed by atoms with Gasteiger partial charge in [0.25, 0.3) is 0 Å². The van der Waals surface area contributed by atoms with Gasteiger partial charge in [-0.3, -0.25) is 0 Å². The molecule has 1 atom stereocenters. The summed E-state index contributed by atoms with van der Waals surface area (Å²) in [6, 6.07) is 0. The lowest BCUT2D eigenvalue weighted by Crippen LogP contribution is -2.23. The molecule has 1 heterocycles. The lowest BCUT2D eigenvalue weighted by Gasteiger charge is -2.20. The Kier molecular flexibility index (Phi) is 4.46. The van der Waals surface area contributed by atoms with Crippen molar-refractivity contribution in [2.45, 2.75) is 39.1 Å². The summed E-state index contributed by atoms with van der Waals surface area (Å²) in [5.41, 5.74) is 1.20. The van der Waals surface area contributed by atoms with E-state index in [0.717, 1.165) is 6.42 Å². The Morgan fingerprint density at radius 2 is 2.23 bits per heavy atom. The maximum atomic E-state index is 5.77. The lowest BCUT2D eigenvalue weighted by atomic mass is 10.0. The molecule has 1 unspecified atom stereocenters. The van der Waals surface area contributed by atoms with E-state index in [1.165, 1.54) is 7.16 Å². The number of ether oxygens (including phenoxy) is 2. The van der Waals surface area contributed by atoms with Crippen molar-refractivity contribution in [2.24, 2.45) is 0 Å². The van der Waals surface area contributed by atoms with Gasteiger partial charge >= 0.3 is 0 Å². The summed E-state index contributed by atoms with van der Waals surface area (Å²) in [6.45, 7) is 6.90. The zero-order valence-electron chi connectivity index (χ0n) is 8.06. The molecular formula is C9H14I2O2. The van der Waals surface area contributed by atoms with Crippen molar-refractivity contribution < 1.29 is 9.47 Å². The van der Waals surface area contributed by atoms with E-state index in [1.807, 2.05) is 6.92 Å². The minimum atomic E-state index is -0.155. The topological polar surface area (TPSA) is 18.5 Å². The van der Waals surface area contributed by atoms with Crippen LogP contribution in [0, 0.1) is 0 Å². The minimum Gasteiger partial charge on any atom is -0.353 e. The summed E-state index contributed by atoms with van der Waals surface area (Å²) in [7, 11) is 0. The molecule has 1 aliphatic rings. The van der Waals surface area contributed by atoms with Crippen LogP contribution in [0.1, 0.15) is 27.2 Å². The third-order valence-electron chi connectivity index (χ3n) is 2.10. The van der Waals surface area contributed by atoms with E-state index < -0.39 is 0 Å².